The van der Waals surface area contributed by atoms with E-state index in [4.69, 9.17) is 0 Å². The zero-order valence-electron chi connectivity index (χ0n) is 26.7. The average molecular weight is 572 g/mol. The van der Waals surface area contributed by atoms with Crippen molar-refractivity contribution in [3.8, 4) is 0 Å². The summed E-state index contributed by atoms with van der Waals surface area (Å²) in [5, 5.41) is 0. The van der Waals surface area contributed by atoms with Gasteiger partial charge in [-0.25, -0.2) is 0 Å². The molecule has 0 bridgehead atoms. The molecule has 37 heavy (non-hydrogen) atoms. The first kappa shape index (κ1) is 42.1. The minimum Gasteiger partial charge on any atom is -0.343 e. The third kappa shape index (κ3) is 46.8. The van der Waals surface area contributed by atoms with Crippen LogP contribution in [0.25, 0.3) is 0 Å². The van der Waals surface area contributed by atoms with Crippen molar-refractivity contribution in [2.75, 3.05) is 0 Å². The first-order valence-corrected chi connectivity index (χ1v) is 17.4. The molecule has 0 atom stereocenters. The van der Waals surface area contributed by atoms with Gasteiger partial charge in [-0.15, -0.1) is 0 Å². The van der Waals surface area contributed by atoms with Crippen LogP contribution < -0.4 is 0 Å². The Kier molecular flexibility index (Phi) is 49.7. The van der Waals surface area contributed by atoms with E-state index in [0.717, 1.165) is 12.8 Å². The molecule has 0 nitrogen and oxygen atoms in total. The average Bonchev–Trinajstić information content (AvgIpc) is 2.89. The minimum atomic E-state index is 0. The van der Waals surface area contributed by atoms with E-state index in [1.54, 1.807) is 0 Å². The Balaban J connectivity index is -0.000000608. The van der Waals surface area contributed by atoms with Crippen molar-refractivity contribution in [1.29, 1.82) is 0 Å². The number of unbranched alkanes of at least 4 members (excludes halogenated alkanes) is 30. The standard InChI is InChI=1S/2C18H37.Zn/c2*1-3-5-7-9-11-13-15-17-18-16-14-12-10-8-6-4-2;/h2*1,3-18H2,2H3;/q2*-1;+2. The van der Waals surface area contributed by atoms with Gasteiger partial charge in [0.25, 0.3) is 0 Å². The van der Waals surface area contributed by atoms with E-state index < -0.39 is 0 Å². The van der Waals surface area contributed by atoms with E-state index in [1.807, 2.05) is 0 Å². The van der Waals surface area contributed by atoms with Gasteiger partial charge in [-0.1, -0.05) is 206 Å². The maximum Gasteiger partial charge on any atom is 2.00 e. The molecule has 0 N–H and O–H groups in total. The van der Waals surface area contributed by atoms with Crippen LogP contribution in [0.2, 0.25) is 0 Å². The summed E-state index contributed by atoms with van der Waals surface area (Å²) in [6.45, 7) is 12.4. The quantitative estimate of drug-likeness (QED) is 0.0456. The summed E-state index contributed by atoms with van der Waals surface area (Å²) in [6, 6.07) is 0. The summed E-state index contributed by atoms with van der Waals surface area (Å²) in [6.07, 6.45) is 45.6. The molecule has 0 unspecified atom stereocenters. The van der Waals surface area contributed by atoms with Gasteiger partial charge in [0.1, 0.15) is 0 Å². The molecule has 0 aliphatic rings. The van der Waals surface area contributed by atoms with Crippen LogP contribution in [0.4, 0.5) is 0 Å². The van der Waals surface area contributed by atoms with Crippen LogP contribution in [0.5, 0.6) is 0 Å². The Morgan fingerprint density at radius 3 is 0.514 bits per heavy atom. The molecule has 0 aliphatic heterocycles. The second-order valence-electron chi connectivity index (χ2n) is 11.6. The molecule has 0 amide bonds. The van der Waals surface area contributed by atoms with Crippen LogP contribution in [0.1, 0.15) is 219 Å². The third-order valence-corrected chi connectivity index (χ3v) is 7.71. The molecular formula is C36H74Zn. The van der Waals surface area contributed by atoms with Gasteiger partial charge in [-0.2, -0.15) is 12.8 Å². The molecule has 0 aromatic carbocycles. The van der Waals surface area contributed by atoms with Crippen molar-refractivity contribution in [3.05, 3.63) is 13.8 Å². The maximum atomic E-state index is 3.88. The first-order valence-electron chi connectivity index (χ1n) is 17.4. The SMILES string of the molecule is [CH2-]CCCCCCCCCCCCCCCCC.[CH2-]CCCCCCCCCCCCCCCCC.[Zn+2]. The maximum absolute atomic E-state index is 3.88. The molecule has 0 spiro atoms. The molecular weight excluding hydrogens is 498 g/mol. The molecule has 0 aromatic heterocycles. The Morgan fingerprint density at radius 2 is 0.378 bits per heavy atom. The largest absolute Gasteiger partial charge is 2.00 e. The van der Waals surface area contributed by atoms with E-state index in [9.17, 15) is 0 Å². The van der Waals surface area contributed by atoms with Crippen molar-refractivity contribution in [2.45, 2.75) is 219 Å². The summed E-state index contributed by atoms with van der Waals surface area (Å²) in [5.41, 5.74) is 0. The zero-order valence-corrected chi connectivity index (χ0v) is 29.7. The summed E-state index contributed by atoms with van der Waals surface area (Å²) >= 11 is 0. The van der Waals surface area contributed by atoms with Gasteiger partial charge < -0.3 is 13.8 Å². The van der Waals surface area contributed by atoms with Gasteiger partial charge >= 0.3 is 19.5 Å². The summed E-state index contributed by atoms with van der Waals surface area (Å²) in [5.74, 6) is 0. The van der Waals surface area contributed by atoms with Crippen molar-refractivity contribution >= 4 is 0 Å². The van der Waals surface area contributed by atoms with Gasteiger partial charge in [0, 0.05) is 0 Å². The topological polar surface area (TPSA) is 0 Å². The van der Waals surface area contributed by atoms with Gasteiger partial charge in [0.2, 0.25) is 0 Å². The molecule has 0 radical (unpaired) electrons. The Morgan fingerprint density at radius 1 is 0.243 bits per heavy atom. The molecule has 0 rings (SSSR count). The van der Waals surface area contributed by atoms with Crippen LogP contribution >= 0.6 is 0 Å². The fraction of sp³-hybridized carbons (Fsp3) is 0.944. The third-order valence-electron chi connectivity index (χ3n) is 7.71. The van der Waals surface area contributed by atoms with E-state index in [-0.39, 0.29) is 19.5 Å². The second kappa shape index (κ2) is 43.7. The van der Waals surface area contributed by atoms with Crippen LogP contribution in [-0.2, 0) is 19.5 Å². The van der Waals surface area contributed by atoms with Crippen molar-refractivity contribution in [1.82, 2.24) is 0 Å². The van der Waals surface area contributed by atoms with E-state index in [1.165, 1.54) is 193 Å². The van der Waals surface area contributed by atoms with Gasteiger partial charge in [0.05, 0.1) is 0 Å². The van der Waals surface area contributed by atoms with Crippen molar-refractivity contribution in [3.63, 3.8) is 0 Å². The van der Waals surface area contributed by atoms with E-state index in [0.29, 0.717) is 0 Å². The zero-order chi connectivity index (χ0) is 26.6. The molecule has 0 aliphatic carbocycles. The minimum absolute atomic E-state index is 0. The van der Waals surface area contributed by atoms with Gasteiger partial charge in [-0.05, 0) is 0 Å². The molecule has 0 heterocycles. The Hall–Kier alpha value is 0.623. The Bertz CT molecular complexity index is 263. The smallest absolute Gasteiger partial charge is 0.343 e. The van der Waals surface area contributed by atoms with Crippen molar-refractivity contribution in [2.24, 2.45) is 0 Å². The van der Waals surface area contributed by atoms with Crippen LogP contribution in [0, 0.1) is 13.8 Å². The van der Waals surface area contributed by atoms with E-state index in [2.05, 4.69) is 27.7 Å². The van der Waals surface area contributed by atoms with Gasteiger partial charge in [0.15, 0.2) is 0 Å². The molecule has 0 aromatic rings. The molecule has 0 fully saturated rings. The fourth-order valence-corrected chi connectivity index (χ4v) is 5.10. The number of hydrogen-bond acceptors (Lipinski definition) is 0. The second-order valence-corrected chi connectivity index (χ2v) is 11.6. The van der Waals surface area contributed by atoms with Crippen molar-refractivity contribution < 1.29 is 19.5 Å². The molecule has 1 heteroatoms. The normalized spacial score (nSPS) is 10.7. The summed E-state index contributed by atoms with van der Waals surface area (Å²) in [4.78, 5) is 0. The predicted molar refractivity (Wildman–Crippen MR) is 170 cm³/mol. The fourth-order valence-electron chi connectivity index (χ4n) is 5.10. The predicted octanol–water partition coefficient (Wildman–Crippen LogP) is 14.2. The number of rotatable bonds is 30. The summed E-state index contributed by atoms with van der Waals surface area (Å²) in [7, 11) is 0. The molecule has 0 saturated heterocycles. The van der Waals surface area contributed by atoms with Crippen LogP contribution in [0.3, 0.4) is 0 Å². The monoisotopic (exact) mass is 571 g/mol. The Labute approximate surface area is 251 Å². The first-order chi connectivity index (χ1) is 17.8. The van der Waals surface area contributed by atoms with Crippen LogP contribution in [-0.4, -0.2) is 0 Å². The van der Waals surface area contributed by atoms with Crippen LogP contribution in [0.15, 0.2) is 0 Å². The molecule has 0 saturated carbocycles. The van der Waals surface area contributed by atoms with Gasteiger partial charge in [-0.3, -0.25) is 0 Å². The summed E-state index contributed by atoms with van der Waals surface area (Å²) < 4.78 is 0. The van der Waals surface area contributed by atoms with E-state index >= 15 is 0 Å². The number of hydrogen-bond donors (Lipinski definition) is 0. The molecule has 220 valence electrons.